The van der Waals surface area contributed by atoms with Crippen LogP contribution in [0, 0.1) is 5.92 Å². The van der Waals surface area contributed by atoms with Gasteiger partial charge in [0.15, 0.2) is 0 Å². The van der Waals surface area contributed by atoms with Gasteiger partial charge < -0.3 is 25.7 Å². The molecular weight excluding hydrogens is 390 g/mol. The third-order valence-electron chi connectivity index (χ3n) is 3.26. The third kappa shape index (κ3) is 8.89. The number of alkyl halides is 3. The summed E-state index contributed by atoms with van der Waals surface area (Å²) in [5, 5.41) is 6.69. The van der Waals surface area contributed by atoms with Crippen molar-refractivity contribution in [2.45, 2.75) is 32.5 Å². The Kier molecular flexibility index (Phi) is 7.82. The van der Waals surface area contributed by atoms with Gasteiger partial charge in [0.05, 0.1) is 5.56 Å². The average molecular weight is 411 g/mol. The van der Waals surface area contributed by atoms with Gasteiger partial charge in [0.1, 0.15) is 12.3 Å². The molecule has 1 atom stereocenters. The van der Waals surface area contributed by atoms with Gasteiger partial charge >= 0.3 is 19.8 Å². The van der Waals surface area contributed by atoms with E-state index in [-0.39, 0.29) is 18.0 Å². The molecule has 0 unspecified atom stereocenters. The summed E-state index contributed by atoms with van der Waals surface area (Å²) in [6.07, 6.45) is -5.18. The lowest BCUT2D eigenvalue weighted by molar-refractivity contribution is -0.137. The summed E-state index contributed by atoms with van der Waals surface area (Å²) in [5.74, 6) is -0.809. The summed E-state index contributed by atoms with van der Waals surface area (Å²) < 4.78 is 48.4. The van der Waals surface area contributed by atoms with Crippen molar-refractivity contribution in [3.05, 3.63) is 29.8 Å². The Morgan fingerprint density at radius 3 is 2.15 bits per heavy atom. The molecule has 8 nitrogen and oxygen atoms in total. The molecule has 0 saturated heterocycles. The van der Waals surface area contributed by atoms with Crippen molar-refractivity contribution in [3.63, 3.8) is 0 Å². The molecule has 0 bridgehead atoms. The molecule has 0 fully saturated rings. The smallest absolute Gasteiger partial charge is 0.343 e. The van der Waals surface area contributed by atoms with Crippen LogP contribution in [0.2, 0.25) is 0 Å². The first-order valence-corrected chi connectivity index (χ1v) is 9.65. The Morgan fingerprint density at radius 1 is 1.15 bits per heavy atom. The van der Waals surface area contributed by atoms with Crippen LogP contribution >= 0.6 is 7.60 Å². The summed E-state index contributed by atoms with van der Waals surface area (Å²) in [7, 11) is -4.45. The largest absolute Gasteiger partial charge is 0.416 e. The number of carbonyl (C=O) groups excluding carboxylic acids is 2. The predicted molar refractivity (Wildman–Crippen MR) is 91.9 cm³/mol. The van der Waals surface area contributed by atoms with Crippen LogP contribution in [0.5, 0.6) is 0 Å². The Labute approximate surface area is 153 Å². The van der Waals surface area contributed by atoms with Gasteiger partial charge in [-0.25, -0.2) is 4.79 Å². The van der Waals surface area contributed by atoms with E-state index in [9.17, 15) is 27.3 Å². The van der Waals surface area contributed by atoms with Gasteiger partial charge in [-0.2, -0.15) is 13.2 Å². The Balaban J connectivity index is 2.73. The predicted octanol–water partition coefficient (Wildman–Crippen LogP) is 2.49. The van der Waals surface area contributed by atoms with Crippen LogP contribution < -0.4 is 16.0 Å². The van der Waals surface area contributed by atoms with Crippen LogP contribution in [-0.4, -0.2) is 34.1 Å². The minimum atomic E-state index is -4.50. The summed E-state index contributed by atoms with van der Waals surface area (Å²) in [6.45, 7) is 3.55. The zero-order valence-electron chi connectivity index (χ0n) is 14.6. The van der Waals surface area contributed by atoms with Gasteiger partial charge in [-0.1, -0.05) is 13.8 Å². The molecule has 3 amide bonds. The molecule has 1 rings (SSSR count). The fraction of sp³-hybridized carbons (Fsp3) is 0.467. The lowest BCUT2D eigenvalue weighted by Gasteiger charge is -2.20. The Morgan fingerprint density at radius 2 is 1.70 bits per heavy atom. The minimum absolute atomic E-state index is 0.0258. The van der Waals surface area contributed by atoms with Gasteiger partial charge in [-0.15, -0.1) is 0 Å². The monoisotopic (exact) mass is 411 g/mol. The zero-order chi connectivity index (χ0) is 20.8. The third-order valence-corrected chi connectivity index (χ3v) is 3.83. The zero-order valence-corrected chi connectivity index (χ0v) is 15.5. The molecule has 27 heavy (non-hydrogen) atoms. The van der Waals surface area contributed by atoms with E-state index in [4.69, 9.17) is 9.79 Å². The molecule has 12 heteroatoms. The van der Waals surface area contributed by atoms with Crippen LogP contribution in [0.25, 0.3) is 0 Å². The van der Waals surface area contributed by atoms with Gasteiger partial charge in [-0.3, -0.25) is 9.36 Å². The number of urea groups is 1. The normalized spacial score (nSPS) is 13.2. The maximum absolute atomic E-state index is 12.5. The number of amides is 3. The maximum Gasteiger partial charge on any atom is 0.416 e. The van der Waals surface area contributed by atoms with E-state index >= 15 is 0 Å². The summed E-state index contributed by atoms with van der Waals surface area (Å²) in [4.78, 5) is 41.7. The second-order valence-electron chi connectivity index (χ2n) is 6.22. The number of hydrogen-bond donors (Lipinski definition) is 5. The van der Waals surface area contributed by atoms with Crippen molar-refractivity contribution in [2.75, 3.05) is 11.6 Å². The highest BCUT2D eigenvalue weighted by atomic mass is 31.2. The van der Waals surface area contributed by atoms with Crippen molar-refractivity contribution in [1.82, 2.24) is 10.6 Å². The molecule has 0 saturated carbocycles. The van der Waals surface area contributed by atoms with Crippen molar-refractivity contribution in [1.29, 1.82) is 0 Å². The molecular formula is C15H21F3N3O5P. The summed E-state index contributed by atoms with van der Waals surface area (Å²) in [6, 6.07) is 1.81. The van der Waals surface area contributed by atoms with Gasteiger partial charge in [0.2, 0.25) is 5.91 Å². The second-order valence-corrected chi connectivity index (χ2v) is 7.87. The molecule has 5 N–H and O–H groups in total. The van der Waals surface area contributed by atoms with Crippen molar-refractivity contribution in [2.24, 2.45) is 5.92 Å². The molecule has 0 heterocycles. The molecule has 0 radical (unpaired) electrons. The Bertz CT molecular complexity index is 704. The number of nitrogens with one attached hydrogen (secondary N) is 3. The Hall–Kier alpha value is -2.10. The molecule has 0 aliphatic rings. The van der Waals surface area contributed by atoms with Crippen molar-refractivity contribution < 1.29 is 37.1 Å². The maximum atomic E-state index is 12.5. The van der Waals surface area contributed by atoms with Crippen LogP contribution in [0.15, 0.2) is 24.3 Å². The highest BCUT2D eigenvalue weighted by Gasteiger charge is 2.30. The number of carbonyl (C=O) groups is 2. The molecule has 0 spiro atoms. The lowest BCUT2D eigenvalue weighted by atomic mass is 10.0. The first-order valence-electron chi connectivity index (χ1n) is 7.85. The number of benzene rings is 1. The average Bonchev–Trinajstić information content (AvgIpc) is 2.50. The van der Waals surface area contributed by atoms with Crippen molar-refractivity contribution >= 4 is 25.2 Å². The minimum Gasteiger partial charge on any atom is -0.343 e. The lowest BCUT2D eigenvalue weighted by Crippen LogP contribution is -2.48. The van der Waals surface area contributed by atoms with Gasteiger partial charge in [0.25, 0.3) is 0 Å². The van der Waals surface area contributed by atoms with E-state index in [2.05, 4.69) is 16.0 Å². The SMILES string of the molecule is CC(C)C[C@H](NC(=O)Nc1ccc(C(F)(F)F)cc1)C(=O)NCP(=O)(O)O. The standard InChI is InChI=1S/C15H21F3N3O5P/c1-9(2)7-12(13(22)19-8-27(24,25)26)21-14(23)20-11-5-3-10(4-6-11)15(16,17)18/h3-6,9,12H,7-8H2,1-2H3,(H,19,22)(H2,20,21,23)(H2,24,25,26)/t12-/m0/s1. The fourth-order valence-corrected chi connectivity index (χ4v) is 2.44. The van der Waals surface area contributed by atoms with E-state index in [1.165, 1.54) is 0 Å². The highest BCUT2D eigenvalue weighted by molar-refractivity contribution is 7.51. The molecule has 152 valence electrons. The topological polar surface area (TPSA) is 128 Å². The molecule has 1 aromatic rings. The van der Waals surface area contributed by atoms with E-state index in [1.54, 1.807) is 13.8 Å². The van der Waals surface area contributed by atoms with Gasteiger partial charge in [0, 0.05) is 5.69 Å². The number of halogens is 3. The van der Waals surface area contributed by atoms with Crippen LogP contribution in [0.3, 0.4) is 0 Å². The van der Waals surface area contributed by atoms with Crippen molar-refractivity contribution in [3.8, 4) is 0 Å². The molecule has 0 aromatic heterocycles. The molecule has 0 aliphatic heterocycles. The van der Waals surface area contributed by atoms with E-state index in [0.717, 1.165) is 24.3 Å². The van der Waals surface area contributed by atoms with Crippen LogP contribution in [-0.2, 0) is 15.5 Å². The quantitative estimate of drug-likeness (QED) is 0.441. The van der Waals surface area contributed by atoms with E-state index < -0.39 is 43.6 Å². The van der Waals surface area contributed by atoms with E-state index in [0.29, 0.717) is 0 Å². The molecule has 0 aliphatic carbocycles. The number of hydrogen-bond acceptors (Lipinski definition) is 3. The second kappa shape index (κ2) is 9.20. The highest BCUT2D eigenvalue weighted by Crippen LogP contribution is 2.32. The summed E-state index contributed by atoms with van der Waals surface area (Å²) in [5.41, 5.74) is -0.789. The van der Waals surface area contributed by atoms with Crippen LogP contribution in [0.4, 0.5) is 23.7 Å². The number of anilines is 1. The van der Waals surface area contributed by atoms with E-state index in [1.807, 2.05) is 0 Å². The fourth-order valence-electron chi connectivity index (χ4n) is 2.07. The molecule has 1 aromatic carbocycles. The first kappa shape index (κ1) is 22.9. The number of rotatable bonds is 7. The van der Waals surface area contributed by atoms with Gasteiger partial charge in [-0.05, 0) is 36.6 Å². The first-order chi connectivity index (χ1) is 12.3. The van der Waals surface area contributed by atoms with Crippen LogP contribution in [0.1, 0.15) is 25.8 Å². The summed E-state index contributed by atoms with van der Waals surface area (Å²) >= 11 is 0.